The highest BCUT2D eigenvalue weighted by Gasteiger charge is 2.26. The summed E-state index contributed by atoms with van der Waals surface area (Å²) >= 11 is 1.87. The molecule has 1 aliphatic rings. The van der Waals surface area contributed by atoms with E-state index in [9.17, 15) is 5.11 Å². The number of rotatable bonds is 2. The fourth-order valence-corrected chi connectivity index (χ4v) is 3.90. The number of aromatic hydroxyl groups is 1. The highest BCUT2D eigenvalue weighted by Crippen LogP contribution is 2.41. The van der Waals surface area contributed by atoms with Crippen LogP contribution in [-0.2, 0) is 10.8 Å². The van der Waals surface area contributed by atoms with E-state index in [1.54, 1.807) is 0 Å². The average molecular weight is 334 g/mol. The lowest BCUT2D eigenvalue weighted by atomic mass is 9.78. The van der Waals surface area contributed by atoms with Crippen LogP contribution in [0.15, 0.2) is 17.0 Å². The Morgan fingerprint density at radius 2 is 1.61 bits per heavy atom. The summed E-state index contributed by atoms with van der Waals surface area (Å²) in [6, 6.07) is 4.32. The summed E-state index contributed by atoms with van der Waals surface area (Å²) in [6.45, 7) is 17.4. The van der Waals surface area contributed by atoms with Gasteiger partial charge in [-0.25, -0.2) is 4.31 Å². The van der Waals surface area contributed by atoms with Gasteiger partial charge in [0.15, 0.2) is 0 Å². The van der Waals surface area contributed by atoms with Crippen molar-refractivity contribution in [1.29, 1.82) is 0 Å². The molecule has 2 nitrogen and oxygen atoms in total. The minimum atomic E-state index is -0.0725. The first-order chi connectivity index (χ1) is 10.5. The molecule has 0 spiro atoms. The van der Waals surface area contributed by atoms with Crippen molar-refractivity contribution in [3.63, 3.8) is 0 Å². The summed E-state index contributed by atoms with van der Waals surface area (Å²) < 4.78 is 2.39. The normalized spacial score (nSPS) is 18.8. The molecule has 1 saturated heterocycles. The number of phenolic OH excluding ortho intramolecular Hbond substituents is 1. The van der Waals surface area contributed by atoms with E-state index in [1.165, 1.54) is 10.5 Å². The van der Waals surface area contributed by atoms with E-state index >= 15 is 0 Å². The van der Waals surface area contributed by atoms with E-state index < -0.39 is 0 Å². The van der Waals surface area contributed by atoms with Crippen LogP contribution in [0, 0.1) is 0 Å². The molecule has 0 atom stereocenters. The summed E-state index contributed by atoms with van der Waals surface area (Å²) in [5.74, 6) is 0.460. The summed E-state index contributed by atoms with van der Waals surface area (Å²) in [4.78, 5) is 1.41. The highest BCUT2D eigenvalue weighted by molar-refractivity contribution is 8.01. The first-order valence-electron chi connectivity index (χ1n) is 8.54. The molecule has 1 aromatic carbocycles. The van der Waals surface area contributed by atoms with Crippen LogP contribution in [0.4, 0.5) is 0 Å². The number of benzene rings is 1. The molecule has 0 unspecified atom stereocenters. The number of hydrogen-bond donors (Lipinski definition) is 1. The second-order valence-corrected chi connectivity index (χ2v) is 9.66. The molecule has 1 aliphatic heterocycles. The van der Waals surface area contributed by atoms with Crippen LogP contribution >= 0.6 is 11.9 Å². The number of phenols is 1. The lowest BCUT2D eigenvalue weighted by Gasteiger charge is -2.28. The first kappa shape index (κ1) is 18.4. The third-order valence-electron chi connectivity index (χ3n) is 4.28. The van der Waals surface area contributed by atoms with Gasteiger partial charge in [0.25, 0.3) is 0 Å². The van der Waals surface area contributed by atoms with E-state index in [0.29, 0.717) is 5.75 Å². The lowest BCUT2D eigenvalue weighted by molar-refractivity contribution is 0.423. The molecule has 0 radical (unpaired) electrons. The molecule has 0 saturated carbocycles. The smallest absolute Gasteiger partial charge is 0.123 e. The zero-order chi connectivity index (χ0) is 17.4. The molecule has 128 valence electrons. The van der Waals surface area contributed by atoms with E-state index in [4.69, 9.17) is 0 Å². The van der Waals surface area contributed by atoms with Crippen molar-refractivity contribution in [2.75, 3.05) is 13.1 Å². The number of nitrogens with zero attached hydrogens (tertiary/aromatic N) is 1. The Hall–Kier alpha value is -0.930. The monoisotopic (exact) mass is 333 g/mol. The minimum Gasteiger partial charge on any atom is -0.507 e. The standard InChI is InChI=1S/C20H31NOS/c1-8-21-10-9-15(23-21)11-14-12-16(19(2,3)4)18(22)17(13-14)20(5,6)7/h11-13,22H,8-10H2,1-7H3. The van der Waals surface area contributed by atoms with Crippen LogP contribution in [-0.4, -0.2) is 22.5 Å². The van der Waals surface area contributed by atoms with Gasteiger partial charge in [0.1, 0.15) is 5.75 Å². The third-order valence-corrected chi connectivity index (χ3v) is 5.54. The summed E-state index contributed by atoms with van der Waals surface area (Å²) in [7, 11) is 0. The molecule has 0 aliphatic carbocycles. The van der Waals surface area contributed by atoms with Crippen LogP contribution in [0.3, 0.4) is 0 Å². The van der Waals surface area contributed by atoms with Crippen LogP contribution in [0.2, 0.25) is 0 Å². The summed E-state index contributed by atoms with van der Waals surface area (Å²) in [5.41, 5.74) is 3.13. The van der Waals surface area contributed by atoms with Crippen molar-refractivity contribution in [2.45, 2.75) is 65.7 Å². The van der Waals surface area contributed by atoms with Crippen molar-refractivity contribution < 1.29 is 5.11 Å². The molecule has 23 heavy (non-hydrogen) atoms. The molecular weight excluding hydrogens is 302 g/mol. The molecule has 0 bridgehead atoms. The van der Waals surface area contributed by atoms with Crippen LogP contribution in [0.5, 0.6) is 5.75 Å². The fraction of sp³-hybridized carbons (Fsp3) is 0.600. The van der Waals surface area contributed by atoms with Crippen LogP contribution in [0.1, 0.15) is 71.6 Å². The maximum Gasteiger partial charge on any atom is 0.123 e. The summed E-state index contributed by atoms with van der Waals surface area (Å²) in [6.07, 6.45) is 3.42. The topological polar surface area (TPSA) is 23.5 Å². The van der Waals surface area contributed by atoms with Gasteiger partial charge in [-0.05, 0) is 53.0 Å². The Morgan fingerprint density at radius 3 is 2.00 bits per heavy atom. The molecule has 3 heteroatoms. The summed E-state index contributed by atoms with van der Waals surface area (Å²) in [5, 5.41) is 10.8. The third kappa shape index (κ3) is 4.33. The Morgan fingerprint density at radius 1 is 1.09 bits per heavy atom. The van der Waals surface area contributed by atoms with Gasteiger partial charge in [0.05, 0.1) is 0 Å². The zero-order valence-corrected chi connectivity index (χ0v) is 16.5. The predicted octanol–water partition coefficient (Wildman–Crippen LogP) is 5.70. The van der Waals surface area contributed by atoms with Gasteiger partial charge in [-0.15, -0.1) is 0 Å². The van der Waals surface area contributed by atoms with Crippen molar-refractivity contribution in [3.8, 4) is 5.75 Å². The molecule has 0 amide bonds. The molecular formula is C20H31NOS. The van der Waals surface area contributed by atoms with E-state index in [0.717, 1.165) is 30.6 Å². The predicted molar refractivity (Wildman–Crippen MR) is 103 cm³/mol. The highest BCUT2D eigenvalue weighted by atomic mass is 32.2. The van der Waals surface area contributed by atoms with Crippen LogP contribution < -0.4 is 0 Å². The van der Waals surface area contributed by atoms with Crippen molar-refractivity contribution in [3.05, 3.63) is 33.7 Å². The Kier molecular flexibility index (Phi) is 5.22. The van der Waals surface area contributed by atoms with Gasteiger partial charge in [-0.3, -0.25) is 0 Å². The van der Waals surface area contributed by atoms with Gasteiger partial charge in [-0.1, -0.05) is 48.5 Å². The van der Waals surface area contributed by atoms with Gasteiger partial charge in [0, 0.05) is 29.1 Å². The minimum absolute atomic E-state index is 0.0725. The van der Waals surface area contributed by atoms with Crippen LogP contribution in [0.25, 0.3) is 6.08 Å². The van der Waals surface area contributed by atoms with E-state index in [-0.39, 0.29) is 10.8 Å². The molecule has 1 heterocycles. The maximum absolute atomic E-state index is 10.8. The van der Waals surface area contributed by atoms with Gasteiger partial charge < -0.3 is 5.11 Å². The average Bonchev–Trinajstić information content (AvgIpc) is 2.85. The van der Waals surface area contributed by atoms with Gasteiger partial charge in [-0.2, -0.15) is 0 Å². The Balaban J connectivity index is 2.51. The SMILES string of the molecule is CCN1CCC(=Cc2cc(C(C)(C)C)c(O)c(C(C)(C)C)c2)S1. The second-order valence-electron chi connectivity index (χ2n) is 8.44. The van der Waals surface area contributed by atoms with E-state index in [1.807, 2.05) is 11.9 Å². The zero-order valence-electron chi connectivity index (χ0n) is 15.7. The first-order valence-corrected chi connectivity index (χ1v) is 9.31. The fourth-order valence-electron chi connectivity index (χ4n) is 2.88. The maximum atomic E-state index is 10.8. The van der Waals surface area contributed by atoms with Gasteiger partial charge >= 0.3 is 0 Å². The van der Waals surface area contributed by atoms with Crippen molar-refractivity contribution in [1.82, 2.24) is 4.31 Å². The lowest BCUT2D eigenvalue weighted by Crippen LogP contribution is -2.17. The Bertz CT molecular complexity index is 570. The second kappa shape index (κ2) is 6.52. The number of hydrogen-bond acceptors (Lipinski definition) is 3. The molecule has 1 aromatic rings. The largest absolute Gasteiger partial charge is 0.507 e. The Labute approximate surface area is 146 Å². The van der Waals surface area contributed by atoms with Crippen molar-refractivity contribution >= 4 is 18.0 Å². The van der Waals surface area contributed by atoms with Crippen molar-refractivity contribution in [2.24, 2.45) is 0 Å². The molecule has 1 fully saturated rings. The quantitative estimate of drug-likeness (QED) is 0.702. The van der Waals surface area contributed by atoms with Gasteiger partial charge in [0.2, 0.25) is 0 Å². The molecule has 1 N–H and O–H groups in total. The van der Waals surface area contributed by atoms with E-state index in [2.05, 4.69) is 71.0 Å². The molecule has 0 aromatic heterocycles. The molecule has 2 rings (SSSR count).